The van der Waals surface area contributed by atoms with Crippen molar-refractivity contribution in [2.75, 3.05) is 18.5 Å². The van der Waals surface area contributed by atoms with Gasteiger partial charge >= 0.3 is 5.97 Å². The molecule has 0 aliphatic carbocycles. The molecular weight excluding hydrogens is 406 g/mol. The zero-order valence-corrected chi connectivity index (χ0v) is 17.0. The molecule has 146 valence electrons. The summed E-state index contributed by atoms with van der Waals surface area (Å²) in [5.41, 5.74) is 1.76. The van der Waals surface area contributed by atoms with E-state index in [0.717, 1.165) is 22.3 Å². The van der Waals surface area contributed by atoms with Gasteiger partial charge in [0.1, 0.15) is 10.7 Å². The van der Waals surface area contributed by atoms with E-state index < -0.39 is 0 Å². The number of esters is 1. The van der Waals surface area contributed by atoms with Gasteiger partial charge in [0.2, 0.25) is 0 Å². The minimum absolute atomic E-state index is 0.280. The summed E-state index contributed by atoms with van der Waals surface area (Å²) in [5, 5.41) is 6.83. The van der Waals surface area contributed by atoms with Gasteiger partial charge in [-0.3, -0.25) is 0 Å². The molecule has 7 heteroatoms. The molecule has 5 nitrogen and oxygen atoms in total. The highest BCUT2D eigenvalue weighted by Crippen LogP contribution is 2.25. The van der Waals surface area contributed by atoms with E-state index in [4.69, 9.17) is 21.3 Å². The topological polar surface area (TPSA) is 64.1 Å². The van der Waals surface area contributed by atoms with Crippen molar-refractivity contribution in [3.63, 3.8) is 0 Å². The highest BCUT2D eigenvalue weighted by Gasteiger charge is 2.10. The quantitative estimate of drug-likeness (QED) is 0.306. The number of para-hydroxylation sites is 1. The number of thiophene rings is 1. The third-order valence-corrected chi connectivity index (χ3v) is 5.38. The van der Waals surface area contributed by atoms with Gasteiger partial charge in [0, 0.05) is 22.5 Å². The van der Waals surface area contributed by atoms with Crippen LogP contribution >= 0.6 is 22.9 Å². The number of hydrogen-bond donors (Lipinski definition) is 1. The highest BCUT2D eigenvalue weighted by molar-refractivity contribution is 7.11. The molecule has 0 fully saturated rings. The second-order valence-electron chi connectivity index (χ2n) is 6.31. The van der Waals surface area contributed by atoms with Gasteiger partial charge in [0.15, 0.2) is 5.82 Å². The summed E-state index contributed by atoms with van der Waals surface area (Å²) >= 11 is 7.37. The van der Waals surface area contributed by atoms with E-state index in [-0.39, 0.29) is 5.97 Å². The van der Waals surface area contributed by atoms with Crippen LogP contribution in [0.3, 0.4) is 0 Å². The minimum Gasteiger partial charge on any atom is -0.461 e. The van der Waals surface area contributed by atoms with Gasteiger partial charge < -0.3 is 10.1 Å². The first kappa shape index (κ1) is 19.4. The Bertz CT molecular complexity index is 1110. The fourth-order valence-corrected chi connectivity index (χ4v) is 3.59. The third kappa shape index (κ3) is 4.72. The number of aromatic nitrogens is 2. The van der Waals surface area contributed by atoms with Crippen molar-refractivity contribution in [1.29, 1.82) is 0 Å². The van der Waals surface area contributed by atoms with Gasteiger partial charge in [-0.2, -0.15) is 0 Å². The first-order chi connectivity index (χ1) is 14.2. The molecule has 4 aromatic rings. The molecule has 0 aliphatic heterocycles. The number of rotatable bonds is 7. The number of fused-ring (bicyclic) bond motifs is 1. The Hall–Kier alpha value is -2.96. The van der Waals surface area contributed by atoms with Crippen molar-refractivity contribution >= 4 is 45.6 Å². The molecule has 0 aliphatic rings. The molecule has 0 unspecified atom stereocenters. The standard InChI is InChI=1S/C22H18ClN3O2S/c23-16-10-8-15(9-11-16)20-25-18-6-2-1-5-17(18)21(26-20)24-12-4-13-28-22(27)19-7-3-14-29-19/h1-3,5-11,14H,4,12-13H2,(H,24,25,26). The van der Waals surface area contributed by atoms with E-state index in [1.165, 1.54) is 11.3 Å². The van der Waals surface area contributed by atoms with Crippen molar-refractivity contribution in [1.82, 2.24) is 9.97 Å². The molecule has 0 atom stereocenters. The third-order valence-electron chi connectivity index (χ3n) is 4.27. The summed E-state index contributed by atoms with van der Waals surface area (Å²) in [6.07, 6.45) is 0.672. The number of nitrogens with zero attached hydrogens (tertiary/aromatic N) is 2. The van der Waals surface area contributed by atoms with Crippen molar-refractivity contribution in [3.8, 4) is 11.4 Å². The van der Waals surface area contributed by atoms with E-state index in [0.29, 0.717) is 35.3 Å². The van der Waals surface area contributed by atoms with Gasteiger partial charge in [0.25, 0.3) is 0 Å². The number of ether oxygens (including phenoxy) is 1. The van der Waals surface area contributed by atoms with Crippen LogP contribution in [0.5, 0.6) is 0 Å². The van der Waals surface area contributed by atoms with Crippen molar-refractivity contribution in [3.05, 3.63) is 75.9 Å². The summed E-state index contributed by atoms with van der Waals surface area (Å²) in [4.78, 5) is 21.9. The van der Waals surface area contributed by atoms with E-state index >= 15 is 0 Å². The number of nitrogens with one attached hydrogen (secondary N) is 1. The summed E-state index contributed by atoms with van der Waals surface area (Å²) in [7, 11) is 0. The van der Waals surface area contributed by atoms with Gasteiger partial charge in [0.05, 0.1) is 12.1 Å². The van der Waals surface area contributed by atoms with Crippen LogP contribution in [0.25, 0.3) is 22.3 Å². The van der Waals surface area contributed by atoms with Crippen LogP contribution in [0.4, 0.5) is 5.82 Å². The van der Waals surface area contributed by atoms with Crippen LogP contribution in [0.2, 0.25) is 5.02 Å². The van der Waals surface area contributed by atoms with Gasteiger partial charge in [-0.25, -0.2) is 14.8 Å². The van der Waals surface area contributed by atoms with E-state index in [1.54, 1.807) is 6.07 Å². The minimum atomic E-state index is -0.280. The molecule has 29 heavy (non-hydrogen) atoms. The predicted octanol–water partition coefficient (Wildman–Crippen LogP) is 5.67. The number of carbonyl (C=O) groups is 1. The second-order valence-corrected chi connectivity index (χ2v) is 7.70. The van der Waals surface area contributed by atoms with Crippen LogP contribution in [0, 0.1) is 0 Å². The Balaban J connectivity index is 1.44. The van der Waals surface area contributed by atoms with Crippen molar-refractivity contribution < 1.29 is 9.53 Å². The molecule has 2 aromatic carbocycles. The molecule has 0 radical (unpaired) electrons. The van der Waals surface area contributed by atoms with Crippen LogP contribution in [0.15, 0.2) is 66.0 Å². The fraction of sp³-hybridized carbons (Fsp3) is 0.136. The smallest absolute Gasteiger partial charge is 0.348 e. The normalized spacial score (nSPS) is 10.8. The Kier molecular flexibility index (Phi) is 6.03. The molecule has 1 N–H and O–H groups in total. The Morgan fingerprint density at radius 2 is 1.86 bits per heavy atom. The van der Waals surface area contributed by atoms with Crippen molar-refractivity contribution in [2.24, 2.45) is 0 Å². The molecule has 0 bridgehead atoms. The maximum atomic E-state index is 11.9. The summed E-state index contributed by atoms with van der Waals surface area (Å²) in [5.74, 6) is 1.11. The Morgan fingerprint density at radius 3 is 2.66 bits per heavy atom. The van der Waals surface area contributed by atoms with Gasteiger partial charge in [-0.15, -0.1) is 11.3 Å². The van der Waals surface area contributed by atoms with Gasteiger partial charge in [-0.1, -0.05) is 29.8 Å². The van der Waals surface area contributed by atoms with E-state index in [1.807, 2.05) is 60.0 Å². The van der Waals surface area contributed by atoms with Crippen LogP contribution in [-0.2, 0) is 4.74 Å². The molecule has 0 saturated carbocycles. The second kappa shape index (κ2) is 9.03. The molecule has 4 rings (SSSR count). The summed E-state index contributed by atoms with van der Waals surface area (Å²) in [6, 6.07) is 18.9. The largest absolute Gasteiger partial charge is 0.461 e. The number of carbonyl (C=O) groups excluding carboxylic acids is 1. The van der Waals surface area contributed by atoms with Gasteiger partial charge in [-0.05, 0) is 54.3 Å². The van der Waals surface area contributed by atoms with E-state index in [2.05, 4.69) is 10.3 Å². The molecule has 0 saturated heterocycles. The maximum absolute atomic E-state index is 11.9. The maximum Gasteiger partial charge on any atom is 0.348 e. The first-order valence-electron chi connectivity index (χ1n) is 9.18. The Morgan fingerprint density at radius 1 is 1.03 bits per heavy atom. The lowest BCUT2D eigenvalue weighted by Gasteiger charge is -2.11. The average molecular weight is 424 g/mol. The van der Waals surface area contributed by atoms with Crippen LogP contribution < -0.4 is 5.32 Å². The average Bonchev–Trinajstić information content (AvgIpc) is 3.29. The monoisotopic (exact) mass is 423 g/mol. The lowest BCUT2D eigenvalue weighted by molar-refractivity contribution is 0.0509. The van der Waals surface area contributed by atoms with Crippen LogP contribution in [-0.4, -0.2) is 29.1 Å². The van der Waals surface area contributed by atoms with Crippen LogP contribution in [0.1, 0.15) is 16.1 Å². The highest BCUT2D eigenvalue weighted by atomic mass is 35.5. The molecule has 0 amide bonds. The Labute approximate surface area is 177 Å². The fourth-order valence-electron chi connectivity index (χ4n) is 2.85. The summed E-state index contributed by atoms with van der Waals surface area (Å²) in [6.45, 7) is 0.968. The SMILES string of the molecule is O=C(OCCCNc1nc(-c2ccc(Cl)cc2)nc2ccccc12)c1cccs1. The lowest BCUT2D eigenvalue weighted by atomic mass is 10.2. The molecule has 2 aromatic heterocycles. The number of anilines is 1. The number of benzene rings is 2. The van der Waals surface area contributed by atoms with E-state index in [9.17, 15) is 4.79 Å². The summed E-state index contributed by atoms with van der Waals surface area (Å²) < 4.78 is 5.30. The number of halogens is 1. The zero-order chi connectivity index (χ0) is 20.1. The van der Waals surface area contributed by atoms with Crippen molar-refractivity contribution in [2.45, 2.75) is 6.42 Å². The first-order valence-corrected chi connectivity index (χ1v) is 10.4. The molecule has 0 spiro atoms. The molecular formula is C22H18ClN3O2S. The number of hydrogen-bond acceptors (Lipinski definition) is 6. The molecule has 2 heterocycles. The zero-order valence-electron chi connectivity index (χ0n) is 15.5. The lowest BCUT2D eigenvalue weighted by Crippen LogP contribution is -2.11. The predicted molar refractivity (Wildman–Crippen MR) is 118 cm³/mol.